The van der Waals surface area contributed by atoms with Gasteiger partial charge in [-0.3, -0.25) is 4.98 Å². The monoisotopic (exact) mass is 340 g/mol. The molecule has 1 heterocycles. The van der Waals surface area contributed by atoms with E-state index in [9.17, 15) is 0 Å². The Morgan fingerprint density at radius 2 is 1.90 bits per heavy atom. The van der Waals surface area contributed by atoms with Gasteiger partial charge in [0.1, 0.15) is 0 Å². The number of nitrogens with one attached hydrogen (secondary N) is 1. The van der Waals surface area contributed by atoms with Gasteiger partial charge in [-0.1, -0.05) is 40.2 Å². The first-order valence-electron chi connectivity index (χ1n) is 7.06. The summed E-state index contributed by atoms with van der Waals surface area (Å²) < 4.78 is 1.12. The van der Waals surface area contributed by atoms with E-state index in [1.165, 1.54) is 16.3 Å². The van der Waals surface area contributed by atoms with Crippen molar-refractivity contribution < 1.29 is 0 Å². The predicted octanol–water partition coefficient (Wildman–Crippen LogP) is 5.04. The minimum atomic E-state index is 0.358. The Morgan fingerprint density at radius 1 is 1.10 bits per heavy atom. The van der Waals surface area contributed by atoms with Crippen molar-refractivity contribution in [3.8, 4) is 0 Å². The van der Waals surface area contributed by atoms with Crippen molar-refractivity contribution in [3.05, 3.63) is 71.0 Å². The van der Waals surface area contributed by atoms with E-state index in [0.29, 0.717) is 6.04 Å². The fraction of sp³-hybridized carbons (Fsp3) is 0.167. The number of hydrogen-bond acceptors (Lipinski definition) is 2. The molecule has 0 fully saturated rings. The van der Waals surface area contributed by atoms with Crippen molar-refractivity contribution in [2.45, 2.75) is 19.4 Å². The zero-order valence-corrected chi connectivity index (χ0v) is 13.5. The molecule has 21 heavy (non-hydrogen) atoms. The van der Waals surface area contributed by atoms with Gasteiger partial charge >= 0.3 is 0 Å². The summed E-state index contributed by atoms with van der Waals surface area (Å²) in [5.41, 5.74) is 2.47. The van der Waals surface area contributed by atoms with Crippen LogP contribution in [0, 0.1) is 0 Å². The molecule has 3 rings (SSSR count). The lowest BCUT2D eigenvalue weighted by Gasteiger charge is -2.17. The van der Waals surface area contributed by atoms with Crippen LogP contribution >= 0.6 is 15.9 Å². The molecule has 1 atom stereocenters. The molecule has 0 saturated carbocycles. The normalized spacial score (nSPS) is 12.3. The molecule has 0 radical (unpaired) electrons. The van der Waals surface area contributed by atoms with Crippen LogP contribution in [-0.2, 0) is 6.42 Å². The molecule has 106 valence electrons. The van der Waals surface area contributed by atoms with E-state index in [-0.39, 0.29) is 0 Å². The van der Waals surface area contributed by atoms with Crippen molar-refractivity contribution in [2.24, 2.45) is 0 Å². The highest BCUT2D eigenvalue weighted by Crippen LogP contribution is 2.23. The Kier molecular flexibility index (Phi) is 4.20. The molecule has 3 aromatic rings. The van der Waals surface area contributed by atoms with Crippen LogP contribution in [0.5, 0.6) is 0 Å². The second kappa shape index (κ2) is 6.27. The van der Waals surface area contributed by atoms with Crippen molar-refractivity contribution in [2.75, 3.05) is 5.32 Å². The van der Waals surface area contributed by atoms with Gasteiger partial charge in [0, 0.05) is 34.0 Å². The molecule has 0 saturated heterocycles. The molecule has 3 heteroatoms. The van der Waals surface area contributed by atoms with E-state index >= 15 is 0 Å². The summed E-state index contributed by atoms with van der Waals surface area (Å²) in [7, 11) is 0. The van der Waals surface area contributed by atoms with Crippen LogP contribution in [0.3, 0.4) is 0 Å². The standard InChI is InChI=1S/C18H17BrN2/c1-13(11-14-5-7-16(19)8-6-14)21-18-4-2-3-15-9-10-20-12-17(15)18/h2-10,12-13,21H,11H2,1H3. The lowest BCUT2D eigenvalue weighted by atomic mass is 10.1. The second-order valence-corrected chi connectivity index (χ2v) is 6.19. The van der Waals surface area contributed by atoms with E-state index in [0.717, 1.165) is 16.6 Å². The maximum Gasteiger partial charge on any atom is 0.0437 e. The van der Waals surface area contributed by atoms with Gasteiger partial charge in [0.05, 0.1) is 0 Å². The van der Waals surface area contributed by atoms with E-state index < -0.39 is 0 Å². The van der Waals surface area contributed by atoms with Crippen LogP contribution in [-0.4, -0.2) is 11.0 Å². The summed E-state index contributed by atoms with van der Waals surface area (Å²) in [6, 6.07) is 17.2. The van der Waals surface area contributed by atoms with Gasteiger partial charge in [0.2, 0.25) is 0 Å². The quantitative estimate of drug-likeness (QED) is 0.719. The Morgan fingerprint density at radius 3 is 2.71 bits per heavy atom. The van der Waals surface area contributed by atoms with Crippen LogP contribution in [0.1, 0.15) is 12.5 Å². The molecule has 0 aliphatic rings. The first-order valence-corrected chi connectivity index (χ1v) is 7.85. The van der Waals surface area contributed by atoms with E-state index in [2.05, 4.69) is 75.6 Å². The summed E-state index contributed by atoms with van der Waals surface area (Å²) in [6.07, 6.45) is 4.74. The van der Waals surface area contributed by atoms with Gasteiger partial charge in [0.25, 0.3) is 0 Å². The zero-order valence-electron chi connectivity index (χ0n) is 11.9. The summed E-state index contributed by atoms with van der Waals surface area (Å²) >= 11 is 3.47. The third kappa shape index (κ3) is 3.42. The van der Waals surface area contributed by atoms with Crippen molar-refractivity contribution in [1.29, 1.82) is 0 Å². The molecule has 0 aliphatic carbocycles. The molecule has 0 amide bonds. The minimum absolute atomic E-state index is 0.358. The minimum Gasteiger partial charge on any atom is -0.382 e. The lowest BCUT2D eigenvalue weighted by Crippen LogP contribution is -2.18. The fourth-order valence-electron chi connectivity index (χ4n) is 2.53. The van der Waals surface area contributed by atoms with Crippen molar-refractivity contribution >= 4 is 32.4 Å². The average molecular weight is 341 g/mol. The van der Waals surface area contributed by atoms with Crippen molar-refractivity contribution in [3.63, 3.8) is 0 Å². The van der Waals surface area contributed by atoms with Crippen LogP contribution in [0.15, 0.2) is 65.4 Å². The second-order valence-electron chi connectivity index (χ2n) is 5.28. The summed E-state index contributed by atoms with van der Waals surface area (Å²) in [5.74, 6) is 0. The van der Waals surface area contributed by atoms with Gasteiger partial charge in [-0.25, -0.2) is 0 Å². The number of pyridine rings is 1. The molecule has 0 spiro atoms. The number of anilines is 1. The number of fused-ring (bicyclic) bond motifs is 1. The van der Waals surface area contributed by atoms with Crippen LogP contribution in [0.25, 0.3) is 10.8 Å². The number of aromatic nitrogens is 1. The molecule has 2 aromatic carbocycles. The molecule has 2 nitrogen and oxygen atoms in total. The Balaban J connectivity index is 1.77. The highest BCUT2D eigenvalue weighted by molar-refractivity contribution is 9.10. The largest absolute Gasteiger partial charge is 0.382 e. The molecule has 1 N–H and O–H groups in total. The average Bonchev–Trinajstić information content (AvgIpc) is 2.50. The van der Waals surface area contributed by atoms with E-state index in [4.69, 9.17) is 0 Å². The van der Waals surface area contributed by atoms with Crippen LogP contribution in [0.4, 0.5) is 5.69 Å². The van der Waals surface area contributed by atoms with Gasteiger partial charge in [-0.15, -0.1) is 0 Å². The van der Waals surface area contributed by atoms with Gasteiger partial charge in [0.15, 0.2) is 0 Å². The number of nitrogens with zero attached hydrogens (tertiary/aromatic N) is 1. The highest BCUT2D eigenvalue weighted by atomic mass is 79.9. The third-order valence-corrected chi connectivity index (χ3v) is 4.07. The summed E-state index contributed by atoms with van der Waals surface area (Å²) in [5, 5.41) is 5.98. The topological polar surface area (TPSA) is 24.9 Å². The van der Waals surface area contributed by atoms with Crippen LogP contribution in [0.2, 0.25) is 0 Å². The number of rotatable bonds is 4. The van der Waals surface area contributed by atoms with Gasteiger partial charge in [-0.05, 0) is 48.6 Å². The molecule has 0 aliphatic heterocycles. The lowest BCUT2D eigenvalue weighted by molar-refractivity contribution is 0.791. The molecular weight excluding hydrogens is 324 g/mol. The SMILES string of the molecule is CC(Cc1ccc(Br)cc1)Nc1cccc2ccncc12. The van der Waals surface area contributed by atoms with Crippen molar-refractivity contribution in [1.82, 2.24) is 4.98 Å². The first kappa shape index (κ1) is 14.1. The maximum atomic E-state index is 4.23. The smallest absolute Gasteiger partial charge is 0.0437 e. The molecule has 1 unspecified atom stereocenters. The number of halogens is 1. The summed E-state index contributed by atoms with van der Waals surface area (Å²) in [6.45, 7) is 2.21. The molecular formula is C18H17BrN2. The number of hydrogen-bond donors (Lipinski definition) is 1. The first-order chi connectivity index (χ1) is 10.2. The predicted molar refractivity (Wildman–Crippen MR) is 92.7 cm³/mol. The van der Waals surface area contributed by atoms with E-state index in [1.54, 1.807) is 0 Å². The van der Waals surface area contributed by atoms with E-state index in [1.807, 2.05) is 18.5 Å². The van der Waals surface area contributed by atoms with Crippen LogP contribution < -0.4 is 5.32 Å². The third-order valence-electron chi connectivity index (χ3n) is 3.54. The summed E-state index contributed by atoms with van der Waals surface area (Å²) in [4.78, 5) is 4.23. The Labute approximate surface area is 133 Å². The zero-order chi connectivity index (χ0) is 14.7. The fourth-order valence-corrected chi connectivity index (χ4v) is 2.79. The van der Waals surface area contributed by atoms with Gasteiger partial charge in [-0.2, -0.15) is 0 Å². The maximum absolute atomic E-state index is 4.23. The number of benzene rings is 2. The highest BCUT2D eigenvalue weighted by Gasteiger charge is 2.06. The molecule has 0 bridgehead atoms. The Hall–Kier alpha value is -1.87. The van der Waals surface area contributed by atoms with Gasteiger partial charge < -0.3 is 5.32 Å². The Bertz CT molecular complexity index is 732. The molecule has 1 aromatic heterocycles.